The Labute approximate surface area is 150 Å². The Balaban J connectivity index is 1.69. The third-order valence-electron chi connectivity index (χ3n) is 4.73. The SMILES string of the molecule is CCC(C)(F)Cn1nc(C)c2cc(Nc3n[nH]c4cccnc34)ccc21. The molecule has 4 rings (SSSR count). The number of anilines is 2. The molecule has 0 spiro atoms. The summed E-state index contributed by atoms with van der Waals surface area (Å²) in [6.07, 6.45) is 2.19. The Kier molecular flexibility index (Phi) is 3.86. The average Bonchev–Trinajstić information content (AvgIpc) is 3.17. The predicted molar refractivity (Wildman–Crippen MR) is 101 cm³/mol. The van der Waals surface area contributed by atoms with Crippen molar-refractivity contribution in [3.05, 3.63) is 42.2 Å². The third kappa shape index (κ3) is 2.89. The Morgan fingerprint density at radius 1 is 1.31 bits per heavy atom. The van der Waals surface area contributed by atoms with E-state index in [0.717, 1.165) is 33.3 Å². The summed E-state index contributed by atoms with van der Waals surface area (Å²) in [6.45, 7) is 5.65. The molecule has 0 radical (unpaired) electrons. The molecule has 3 heterocycles. The summed E-state index contributed by atoms with van der Waals surface area (Å²) in [5.41, 5.74) is 3.08. The largest absolute Gasteiger partial charge is 0.337 e. The van der Waals surface area contributed by atoms with Crippen LogP contribution in [0, 0.1) is 6.92 Å². The molecule has 0 fully saturated rings. The predicted octanol–water partition coefficient (Wildman–Crippen LogP) is 4.50. The third-order valence-corrected chi connectivity index (χ3v) is 4.73. The number of pyridine rings is 1. The van der Waals surface area contributed by atoms with Gasteiger partial charge in [-0.15, -0.1) is 0 Å². The molecular weight excluding hydrogens is 331 g/mol. The van der Waals surface area contributed by atoms with Gasteiger partial charge in [0.1, 0.15) is 11.2 Å². The van der Waals surface area contributed by atoms with Crippen LogP contribution in [0.3, 0.4) is 0 Å². The minimum absolute atomic E-state index is 0.245. The maximum absolute atomic E-state index is 14.4. The first-order valence-corrected chi connectivity index (χ1v) is 8.69. The minimum Gasteiger partial charge on any atom is -0.337 e. The van der Waals surface area contributed by atoms with Crippen LogP contribution in [-0.2, 0) is 6.54 Å². The Bertz CT molecular complexity index is 1080. The molecule has 1 unspecified atom stereocenters. The molecule has 7 heteroatoms. The summed E-state index contributed by atoms with van der Waals surface area (Å²) in [6, 6.07) is 9.72. The zero-order valence-corrected chi connectivity index (χ0v) is 15.0. The van der Waals surface area contributed by atoms with Gasteiger partial charge in [0.25, 0.3) is 0 Å². The maximum Gasteiger partial charge on any atom is 0.178 e. The summed E-state index contributed by atoms with van der Waals surface area (Å²) in [4.78, 5) is 4.36. The molecule has 0 aliphatic carbocycles. The molecule has 0 bridgehead atoms. The number of nitrogens with one attached hydrogen (secondary N) is 2. The Hall–Kier alpha value is -2.96. The van der Waals surface area contributed by atoms with Gasteiger partial charge in [-0.25, -0.2) is 4.39 Å². The lowest BCUT2D eigenvalue weighted by Crippen LogP contribution is -2.24. The molecule has 6 nitrogen and oxygen atoms in total. The first-order valence-electron chi connectivity index (χ1n) is 8.69. The van der Waals surface area contributed by atoms with Gasteiger partial charge < -0.3 is 5.32 Å². The number of halogens is 1. The molecule has 0 aliphatic rings. The molecule has 26 heavy (non-hydrogen) atoms. The second-order valence-corrected chi connectivity index (χ2v) is 6.84. The normalized spacial score (nSPS) is 14.0. The number of H-pyrrole nitrogens is 1. The molecule has 4 aromatic rings. The second-order valence-electron chi connectivity index (χ2n) is 6.84. The van der Waals surface area contributed by atoms with Crippen molar-refractivity contribution in [1.82, 2.24) is 25.0 Å². The highest BCUT2D eigenvalue weighted by Gasteiger charge is 2.23. The fraction of sp³-hybridized carbons (Fsp3) is 0.316. The lowest BCUT2D eigenvalue weighted by atomic mass is 10.1. The first-order chi connectivity index (χ1) is 12.5. The van der Waals surface area contributed by atoms with Gasteiger partial charge in [0.2, 0.25) is 0 Å². The lowest BCUT2D eigenvalue weighted by molar-refractivity contribution is 0.151. The summed E-state index contributed by atoms with van der Waals surface area (Å²) in [5, 5.41) is 16.1. The molecule has 0 amide bonds. The van der Waals surface area contributed by atoms with E-state index in [1.54, 1.807) is 17.8 Å². The highest BCUT2D eigenvalue weighted by molar-refractivity contribution is 5.90. The number of alkyl halides is 1. The highest BCUT2D eigenvalue weighted by Crippen LogP contribution is 2.28. The van der Waals surface area contributed by atoms with E-state index in [1.807, 2.05) is 44.2 Å². The van der Waals surface area contributed by atoms with Gasteiger partial charge >= 0.3 is 0 Å². The van der Waals surface area contributed by atoms with Gasteiger partial charge in [0, 0.05) is 17.3 Å². The van der Waals surface area contributed by atoms with Gasteiger partial charge in [-0.2, -0.15) is 10.2 Å². The lowest BCUT2D eigenvalue weighted by Gasteiger charge is -2.18. The van der Waals surface area contributed by atoms with E-state index in [0.29, 0.717) is 12.2 Å². The average molecular weight is 352 g/mol. The molecule has 3 aromatic heterocycles. The molecule has 0 aliphatic heterocycles. The van der Waals surface area contributed by atoms with Crippen LogP contribution in [0.5, 0.6) is 0 Å². The van der Waals surface area contributed by atoms with Crippen molar-refractivity contribution in [2.45, 2.75) is 39.4 Å². The number of rotatable bonds is 5. The molecule has 0 saturated carbocycles. The van der Waals surface area contributed by atoms with Crippen LogP contribution >= 0.6 is 0 Å². The summed E-state index contributed by atoms with van der Waals surface area (Å²) in [5.74, 6) is 0.673. The van der Waals surface area contributed by atoms with Crippen LogP contribution < -0.4 is 5.32 Å². The fourth-order valence-electron chi connectivity index (χ4n) is 3.04. The smallest absolute Gasteiger partial charge is 0.178 e. The topological polar surface area (TPSA) is 71.4 Å². The van der Waals surface area contributed by atoms with Crippen LogP contribution in [0.25, 0.3) is 21.9 Å². The standard InChI is InChI=1S/C19H21FN6/c1-4-19(3,20)11-26-16-8-7-13(10-14(16)12(2)25-26)22-18-17-15(23-24-18)6-5-9-21-17/h5-10H,4,11H2,1-3H3,(H2,22,23,24). The number of aromatic amines is 1. The van der Waals surface area contributed by atoms with Crippen LogP contribution in [0.4, 0.5) is 15.9 Å². The van der Waals surface area contributed by atoms with Gasteiger partial charge in [-0.1, -0.05) is 6.92 Å². The van der Waals surface area contributed by atoms with E-state index >= 15 is 0 Å². The number of aryl methyl sites for hydroxylation is 1. The molecule has 2 N–H and O–H groups in total. The Morgan fingerprint density at radius 3 is 2.96 bits per heavy atom. The number of benzene rings is 1. The minimum atomic E-state index is -1.28. The van der Waals surface area contributed by atoms with Crippen LogP contribution in [-0.4, -0.2) is 30.6 Å². The van der Waals surface area contributed by atoms with Crippen molar-refractivity contribution in [2.24, 2.45) is 0 Å². The maximum atomic E-state index is 14.4. The number of hydrogen-bond donors (Lipinski definition) is 2. The first kappa shape index (κ1) is 16.5. The number of hydrogen-bond acceptors (Lipinski definition) is 4. The number of nitrogens with zero attached hydrogens (tertiary/aromatic N) is 4. The van der Waals surface area contributed by atoms with Gasteiger partial charge in [0.05, 0.1) is 23.3 Å². The Morgan fingerprint density at radius 2 is 2.15 bits per heavy atom. The van der Waals surface area contributed by atoms with Gasteiger partial charge in [-0.3, -0.25) is 14.8 Å². The quantitative estimate of drug-likeness (QED) is 0.555. The highest BCUT2D eigenvalue weighted by atomic mass is 19.1. The fourth-order valence-corrected chi connectivity index (χ4v) is 3.04. The van der Waals surface area contributed by atoms with Crippen LogP contribution in [0.1, 0.15) is 26.0 Å². The van der Waals surface area contributed by atoms with Crippen molar-refractivity contribution in [1.29, 1.82) is 0 Å². The van der Waals surface area contributed by atoms with E-state index in [1.165, 1.54) is 0 Å². The molecule has 1 atom stereocenters. The van der Waals surface area contributed by atoms with Crippen molar-refractivity contribution in [2.75, 3.05) is 5.32 Å². The zero-order valence-electron chi connectivity index (χ0n) is 15.0. The van der Waals surface area contributed by atoms with Crippen LogP contribution in [0.15, 0.2) is 36.5 Å². The van der Waals surface area contributed by atoms with Crippen molar-refractivity contribution >= 4 is 33.4 Å². The van der Waals surface area contributed by atoms with Gasteiger partial charge in [-0.05, 0) is 50.6 Å². The summed E-state index contributed by atoms with van der Waals surface area (Å²) >= 11 is 0. The molecule has 134 valence electrons. The molecule has 0 saturated heterocycles. The summed E-state index contributed by atoms with van der Waals surface area (Å²) < 4.78 is 16.2. The second kappa shape index (κ2) is 6.09. The van der Waals surface area contributed by atoms with E-state index in [2.05, 4.69) is 25.6 Å². The summed E-state index contributed by atoms with van der Waals surface area (Å²) in [7, 11) is 0. The number of aromatic nitrogens is 5. The van der Waals surface area contributed by atoms with E-state index < -0.39 is 5.67 Å². The van der Waals surface area contributed by atoms with E-state index in [9.17, 15) is 4.39 Å². The van der Waals surface area contributed by atoms with Crippen molar-refractivity contribution in [3.8, 4) is 0 Å². The van der Waals surface area contributed by atoms with Crippen LogP contribution in [0.2, 0.25) is 0 Å². The van der Waals surface area contributed by atoms with E-state index in [-0.39, 0.29) is 6.54 Å². The van der Waals surface area contributed by atoms with Crippen molar-refractivity contribution < 1.29 is 4.39 Å². The zero-order chi connectivity index (χ0) is 18.3. The van der Waals surface area contributed by atoms with Gasteiger partial charge in [0.15, 0.2) is 5.82 Å². The van der Waals surface area contributed by atoms with E-state index in [4.69, 9.17) is 0 Å². The van der Waals surface area contributed by atoms with Crippen molar-refractivity contribution in [3.63, 3.8) is 0 Å². The molecular formula is C19H21FN6. The molecule has 1 aromatic carbocycles. The monoisotopic (exact) mass is 352 g/mol. The number of fused-ring (bicyclic) bond motifs is 2.